The van der Waals surface area contributed by atoms with Crippen molar-refractivity contribution >= 4 is 17.2 Å². The normalized spacial score (nSPS) is 13.4. The van der Waals surface area contributed by atoms with Crippen LogP contribution < -0.4 is 11.1 Å². The molecule has 0 spiro atoms. The van der Waals surface area contributed by atoms with E-state index in [4.69, 9.17) is 5.73 Å². The van der Waals surface area contributed by atoms with Gasteiger partial charge >= 0.3 is 0 Å². The van der Waals surface area contributed by atoms with E-state index in [1.54, 1.807) is 11.3 Å². The quantitative estimate of drug-likeness (QED) is 0.862. The molecular weight excluding hydrogens is 246 g/mol. The number of hydrogen-bond donors (Lipinski definition) is 2. The van der Waals surface area contributed by atoms with Crippen molar-refractivity contribution in [3.63, 3.8) is 0 Å². The summed E-state index contributed by atoms with van der Waals surface area (Å²) in [4.78, 5) is 17.7. The maximum absolute atomic E-state index is 12.2. The van der Waals surface area contributed by atoms with Crippen LogP contribution in [0.15, 0.2) is 0 Å². The minimum atomic E-state index is -0.762. The summed E-state index contributed by atoms with van der Waals surface area (Å²) in [5, 5.41) is 4.02. The molecule has 3 N–H and O–H groups in total. The molecule has 1 amide bonds. The molecule has 0 bridgehead atoms. The van der Waals surface area contributed by atoms with Crippen LogP contribution in [0.5, 0.6) is 0 Å². The number of carbonyl (C=O) groups excluding carboxylic acids is 1. The van der Waals surface area contributed by atoms with Gasteiger partial charge in [0.1, 0.15) is 0 Å². The average molecular weight is 269 g/mol. The Labute approximate surface area is 113 Å². The molecule has 1 aromatic rings. The third kappa shape index (κ3) is 3.09. The van der Waals surface area contributed by atoms with Crippen molar-refractivity contribution in [1.29, 1.82) is 0 Å². The highest BCUT2D eigenvalue weighted by Crippen LogP contribution is 2.25. The van der Waals surface area contributed by atoms with Crippen molar-refractivity contribution < 1.29 is 4.79 Å². The van der Waals surface area contributed by atoms with Gasteiger partial charge in [-0.3, -0.25) is 4.79 Å². The Bertz CT molecular complexity index is 424. The predicted octanol–water partition coefficient (Wildman–Crippen LogP) is 2.45. The number of rotatable bonds is 5. The van der Waals surface area contributed by atoms with Gasteiger partial charge in [-0.15, -0.1) is 11.3 Å². The first-order valence-corrected chi connectivity index (χ1v) is 7.19. The lowest BCUT2D eigenvalue weighted by atomic mass is 9.93. The highest BCUT2D eigenvalue weighted by atomic mass is 32.1. The molecule has 0 saturated carbocycles. The number of aryl methyl sites for hydroxylation is 2. The predicted molar refractivity (Wildman–Crippen MR) is 75.6 cm³/mol. The first-order chi connectivity index (χ1) is 8.34. The molecule has 0 aromatic carbocycles. The van der Waals surface area contributed by atoms with Crippen LogP contribution in [-0.2, 0) is 4.79 Å². The van der Waals surface area contributed by atoms with Crippen LogP contribution >= 0.6 is 11.3 Å². The SMILES string of the molecule is CCC(N)(CC)C(=O)NC(C)c1sc(C)nc1C. The second kappa shape index (κ2) is 5.80. The summed E-state index contributed by atoms with van der Waals surface area (Å²) < 4.78 is 0. The molecule has 0 saturated heterocycles. The standard InChI is InChI=1S/C13H23N3OS/c1-6-13(14,7-2)12(17)16-9(4)11-8(3)15-10(5)18-11/h9H,6-7,14H2,1-5H3,(H,16,17). The summed E-state index contributed by atoms with van der Waals surface area (Å²) in [7, 11) is 0. The van der Waals surface area contributed by atoms with E-state index in [1.807, 2.05) is 34.6 Å². The zero-order chi connectivity index (χ0) is 13.9. The molecule has 0 aliphatic rings. The van der Waals surface area contributed by atoms with Crippen LogP contribution in [0.3, 0.4) is 0 Å². The van der Waals surface area contributed by atoms with Gasteiger partial charge in [-0.2, -0.15) is 0 Å². The van der Waals surface area contributed by atoms with Crippen LogP contribution in [0.25, 0.3) is 0 Å². The zero-order valence-corrected chi connectivity index (χ0v) is 12.6. The maximum Gasteiger partial charge on any atom is 0.240 e. The molecule has 0 fully saturated rings. The number of nitrogens with two attached hydrogens (primary N) is 1. The Hall–Kier alpha value is -0.940. The Balaban J connectivity index is 2.79. The summed E-state index contributed by atoms with van der Waals surface area (Å²) in [6.45, 7) is 9.80. The topological polar surface area (TPSA) is 68.0 Å². The molecule has 0 aliphatic heterocycles. The molecule has 1 unspecified atom stereocenters. The molecule has 1 heterocycles. The first kappa shape index (κ1) is 15.1. The summed E-state index contributed by atoms with van der Waals surface area (Å²) in [5.74, 6) is -0.0783. The minimum absolute atomic E-state index is 0.0373. The van der Waals surface area contributed by atoms with Crippen LogP contribution in [0.2, 0.25) is 0 Å². The van der Waals surface area contributed by atoms with Crippen LogP contribution in [0.4, 0.5) is 0 Å². The van der Waals surface area contributed by atoms with Crippen LogP contribution in [-0.4, -0.2) is 16.4 Å². The van der Waals surface area contributed by atoms with Crippen molar-refractivity contribution in [2.45, 2.75) is 59.0 Å². The van der Waals surface area contributed by atoms with Crippen molar-refractivity contribution in [2.75, 3.05) is 0 Å². The molecule has 102 valence electrons. The fourth-order valence-corrected chi connectivity index (χ4v) is 2.86. The summed E-state index contributed by atoms with van der Waals surface area (Å²) in [5.41, 5.74) is 6.31. The highest BCUT2D eigenvalue weighted by molar-refractivity contribution is 7.11. The molecule has 1 rings (SSSR count). The van der Waals surface area contributed by atoms with E-state index in [-0.39, 0.29) is 11.9 Å². The Morgan fingerprint density at radius 3 is 2.39 bits per heavy atom. The van der Waals surface area contributed by atoms with Crippen LogP contribution in [0, 0.1) is 13.8 Å². The third-order valence-corrected chi connectivity index (χ3v) is 4.65. The number of nitrogens with one attached hydrogen (secondary N) is 1. The van der Waals surface area contributed by atoms with Gasteiger partial charge in [0.25, 0.3) is 0 Å². The van der Waals surface area contributed by atoms with Crippen molar-refractivity contribution in [2.24, 2.45) is 5.73 Å². The van der Waals surface area contributed by atoms with Gasteiger partial charge in [-0.25, -0.2) is 4.98 Å². The van der Waals surface area contributed by atoms with E-state index in [0.29, 0.717) is 12.8 Å². The van der Waals surface area contributed by atoms with E-state index >= 15 is 0 Å². The number of thiazole rings is 1. The van der Waals surface area contributed by atoms with Crippen molar-refractivity contribution in [3.8, 4) is 0 Å². The van der Waals surface area contributed by atoms with E-state index in [9.17, 15) is 4.79 Å². The van der Waals surface area contributed by atoms with Gasteiger partial charge in [0, 0.05) is 4.88 Å². The Kier molecular flexibility index (Phi) is 4.87. The van der Waals surface area contributed by atoms with Gasteiger partial charge in [0.05, 0.1) is 22.3 Å². The molecule has 0 radical (unpaired) electrons. The molecule has 1 atom stereocenters. The second-order valence-electron chi connectivity index (χ2n) is 4.74. The number of nitrogens with zero attached hydrogens (tertiary/aromatic N) is 1. The molecule has 5 heteroatoms. The fourth-order valence-electron chi connectivity index (χ4n) is 1.93. The molecular formula is C13H23N3OS. The lowest BCUT2D eigenvalue weighted by Gasteiger charge is -2.27. The van der Waals surface area contributed by atoms with Gasteiger partial charge in [0.2, 0.25) is 5.91 Å². The molecule has 0 aliphatic carbocycles. The van der Waals surface area contributed by atoms with Gasteiger partial charge < -0.3 is 11.1 Å². The zero-order valence-electron chi connectivity index (χ0n) is 11.8. The largest absolute Gasteiger partial charge is 0.347 e. The summed E-state index contributed by atoms with van der Waals surface area (Å²) >= 11 is 1.62. The number of amides is 1. The number of aromatic nitrogens is 1. The van der Waals surface area contributed by atoms with E-state index in [0.717, 1.165) is 15.6 Å². The molecule has 18 heavy (non-hydrogen) atoms. The van der Waals surface area contributed by atoms with E-state index in [2.05, 4.69) is 10.3 Å². The monoisotopic (exact) mass is 269 g/mol. The minimum Gasteiger partial charge on any atom is -0.347 e. The van der Waals surface area contributed by atoms with Crippen LogP contribution in [0.1, 0.15) is 55.2 Å². The van der Waals surface area contributed by atoms with Crippen molar-refractivity contribution in [3.05, 3.63) is 15.6 Å². The lowest BCUT2D eigenvalue weighted by molar-refractivity contribution is -0.127. The van der Waals surface area contributed by atoms with Gasteiger partial charge in [-0.05, 0) is 33.6 Å². The average Bonchev–Trinajstić information content (AvgIpc) is 2.67. The van der Waals surface area contributed by atoms with E-state index < -0.39 is 5.54 Å². The highest BCUT2D eigenvalue weighted by Gasteiger charge is 2.31. The maximum atomic E-state index is 12.2. The summed E-state index contributed by atoms with van der Waals surface area (Å²) in [6, 6.07) is -0.0373. The smallest absolute Gasteiger partial charge is 0.240 e. The summed E-state index contributed by atoms with van der Waals surface area (Å²) in [6.07, 6.45) is 1.28. The van der Waals surface area contributed by atoms with Gasteiger partial charge in [0.15, 0.2) is 0 Å². The molecule has 4 nitrogen and oxygen atoms in total. The second-order valence-corrected chi connectivity index (χ2v) is 5.98. The van der Waals surface area contributed by atoms with Gasteiger partial charge in [-0.1, -0.05) is 13.8 Å². The first-order valence-electron chi connectivity index (χ1n) is 6.37. The third-order valence-electron chi connectivity index (χ3n) is 3.39. The molecule has 1 aromatic heterocycles. The van der Waals surface area contributed by atoms with E-state index in [1.165, 1.54) is 0 Å². The number of carbonyl (C=O) groups is 1. The fraction of sp³-hybridized carbons (Fsp3) is 0.692. The Morgan fingerprint density at radius 2 is 2.00 bits per heavy atom. The lowest BCUT2D eigenvalue weighted by Crippen LogP contribution is -2.53. The number of hydrogen-bond acceptors (Lipinski definition) is 4. The van der Waals surface area contributed by atoms with Crippen molar-refractivity contribution in [1.82, 2.24) is 10.3 Å². The Morgan fingerprint density at radius 1 is 1.44 bits per heavy atom.